The van der Waals surface area contributed by atoms with Crippen molar-refractivity contribution in [2.24, 2.45) is 11.1 Å². The van der Waals surface area contributed by atoms with Crippen LogP contribution in [0.25, 0.3) is 11.1 Å². The number of benzene rings is 1. The minimum atomic E-state index is -0.742. The summed E-state index contributed by atoms with van der Waals surface area (Å²) >= 11 is 0. The van der Waals surface area contributed by atoms with Crippen LogP contribution in [0.1, 0.15) is 31.1 Å². The maximum absolute atomic E-state index is 11.2. The van der Waals surface area contributed by atoms with E-state index in [9.17, 15) is 4.79 Å². The van der Waals surface area contributed by atoms with E-state index in [1.54, 1.807) is 13.3 Å². The van der Waals surface area contributed by atoms with Crippen molar-refractivity contribution in [3.05, 3.63) is 47.7 Å². The van der Waals surface area contributed by atoms with Gasteiger partial charge in [-0.3, -0.25) is 0 Å². The van der Waals surface area contributed by atoms with E-state index in [0.29, 0.717) is 19.1 Å². The number of nitrogens with zero attached hydrogens (tertiary/aromatic N) is 1. The van der Waals surface area contributed by atoms with Gasteiger partial charge in [-0.2, -0.15) is 0 Å². The molecule has 138 valence electrons. The van der Waals surface area contributed by atoms with Gasteiger partial charge in [-0.1, -0.05) is 32.0 Å². The number of fused-ring (bicyclic) bond motifs is 1. The highest BCUT2D eigenvalue weighted by Gasteiger charge is 2.41. The standard InChI is InChI=1S/C20H24N2O4/c1-20(2)11-15-10-13(4-6-16(15)18(20)26-19(21)23)14-5-7-17(22-12-14)25-9-8-24-3/h4-7,10,12,18H,8-9,11H2,1-3H3,(H2,21,23). The van der Waals surface area contributed by atoms with Crippen LogP contribution in [0.3, 0.4) is 0 Å². The van der Waals surface area contributed by atoms with E-state index < -0.39 is 6.09 Å². The van der Waals surface area contributed by atoms with Crippen LogP contribution < -0.4 is 10.5 Å². The van der Waals surface area contributed by atoms with E-state index in [2.05, 4.69) is 24.9 Å². The summed E-state index contributed by atoms with van der Waals surface area (Å²) in [5.41, 5.74) is 9.31. The summed E-state index contributed by atoms with van der Waals surface area (Å²) in [7, 11) is 1.63. The third-order valence-electron chi connectivity index (χ3n) is 4.62. The van der Waals surface area contributed by atoms with Crippen molar-refractivity contribution in [3.63, 3.8) is 0 Å². The number of hydrogen-bond donors (Lipinski definition) is 1. The topological polar surface area (TPSA) is 83.7 Å². The van der Waals surface area contributed by atoms with Gasteiger partial charge in [0.2, 0.25) is 5.88 Å². The lowest BCUT2D eigenvalue weighted by Gasteiger charge is -2.26. The summed E-state index contributed by atoms with van der Waals surface area (Å²) in [4.78, 5) is 15.6. The van der Waals surface area contributed by atoms with E-state index in [4.69, 9.17) is 19.9 Å². The minimum Gasteiger partial charge on any atom is -0.475 e. The first kappa shape index (κ1) is 18.2. The molecule has 6 heteroatoms. The molecule has 2 aromatic rings. The predicted molar refractivity (Wildman–Crippen MR) is 97.9 cm³/mol. The fourth-order valence-electron chi connectivity index (χ4n) is 3.40. The molecule has 1 aromatic heterocycles. The molecule has 0 saturated carbocycles. The summed E-state index contributed by atoms with van der Waals surface area (Å²) in [6, 6.07) is 9.98. The second-order valence-corrected chi connectivity index (χ2v) is 7.12. The summed E-state index contributed by atoms with van der Waals surface area (Å²) in [6.45, 7) is 5.15. The zero-order valence-corrected chi connectivity index (χ0v) is 15.3. The summed E-state index contributed by atoms with van der Waals surface area (Å²) in [5, 5.41) is 0. The molecule has 6 nitrogen and oxygen atoms in total. The highest BCUT2D eigenvalue weighted by molar-refractivity contribution is 5.67. The second kappa shape index (κ2) is 7.33. The molecular formula is C20H24N2O4. The van der Waals surface area contributed by atoms with Crippen LogP contribution in [0.5, 0.6) is 5.88 Å². The normalized spacial score (nSPS) is 17.6. The number of carbonyl (C=O) groups excluding carboxylic acids is 1. The molecule has 0 aliphatic heterocycles. The van der Waals surface area contributed by atoms with Crippen LogP contribution in [0.2, 0.25) is 0 Å². The molecule has 0 spiro atoms. The van der Waals surface area contributed by atoms with Crippen LogP contribution in [-0.4, -0.2) is 31.4 Å². The van der Waals surface area contributed by atoms with Crippen molar-refractivity contribution in [1.82, 2.24) is 4.98 Å². The summed E-state index contributed by atoms with van der Waals surface area (Å²) in [5.74, 6) is 0.572. The average Bonchev–Trinajstić information content (AvgIpc) is 2.84. The highest BCUT2D eigenvalue weighted by atomic mass is 16.6. The second-order valence-electron chi connectivity index (χ2n) is 7.12. The van der Waals surface area contributed by atoms with Crippen LogP contribution in [0, 0.1) is 5.41 Å². The molecule has 3 rings (SSSR count). The van der Waals surface area contributed by atoms with E-state index >= 15 is 0 Å². The number of methoxy groups -OCH3 is 1. The molecule has 0 bridgehead atoms. The van der Waals surface area contributed by atoms with Gasteiger partial charge in [0.15, 0.2) is 0 Å². The molecule has 1 aromatic carbocycles. The van der Waals surface area contributed by atoms with Gasteiger partial charge in [-0.25, -0.2) is 9.78 Å². The quantitative estimate of drug-likeness (QED) is 0.801. The van der Waals surface area contributed by atoms with Gasteiger partial charge >= 0.3 is 6.09 Å². The van der Waals surface area contributed by atoms with Crippen molar-refractivity contribution < 1.29 is 19.0 Å². The molecule has 1 atom stereocenters. The first-order valence-corrected chi connectivity index (χ1v) is 8.58. The fourth-order valence-corrected chi connectivity index (χ4v) is 3.40. The Hall–Kier alpha value is -2.60. The monoisotopic (exact) mass is 356 g/mol. The Kier molecular flexibility index (Phi) is 5.13. The molecule has 2 N–H and O–H groups in total. The molecule has 0 saturated heterocycles. The molecule has 1 amide bonds. The molecule has 1 unspecified atom stereocenters. The molecule has 26 heavy (non-hydrogen) atoms. The Morgan fingerprint density at radius 3 is 2.65 bits per heavy atom. The SMILES string of the molecule is COCCOc1ccc(-c2ccc3c(c2)CC(C)(C)C3OC(N)=O)cn1. The molecule has 0 fully saturated rings. The van der Waals surface area contributed by atoms with Gasteiger partial charge in [0.1, 0.15) is 12.7 Å². The number of ether oxygens (including phenoxy) is 3. The highest BCUT2D eigenvalue weighted by Crippen LogP contribution is 2.48. The Morgan fingerprint density at radius 1 is 1.23 bits per heavy atom. The number of rotatable bonds is 6. The number of amides is 1. The zero-order valence-electron chi connectivity index (χ0n) is 15.3. The number of primary amides is 1. The van der Waals surface area contributed by atoms with Crippen LogP contribution in [-0.2, 0) is 15.9 Å². The van der Waals surface area contributed by atoms with Gasteiger partial charge in [0, 0.05) is 30.4 Å². The van der Waals surface area contributed by atoms with Crippen LogP contribution in [0.4, 0.5) is 4.79 Å². The molecule has 0 radical (unpaired) electrons. The van der Waals surface area contributed by atoms with Crippen molar-refractivity contribution in [1.29, 1.82) is 0 Å². The molecule has 1 aliphatic carbocycles. The van der Waals surface area contributed by atoms with Gasteiger partial charge < -0.3 is 19.9 Å². The number of pyridine rings is 1. The van der Waals surface area contributed by atoms with Crippen molar-refractivity contribution >= 4 is 6.09 Å². The number of carbonyl (C=O) groups is 1. The number of nitrogens with two attached hydrogens (primary N) is 1. The fraction of sp³-hybridized carbons (Fsp3) is 0.400. The van der Waals surface area contributed by atoms with Crippen molar-refractivity contribution in [2.45, 2.75) is 26.4 Å². The smallest absolute Gasteiger partial charge is 0.405 e. The van der Waals surface area contributed by atoms with E-state index in [1.807, 2.05) is 24.3 Å². The van der Waals surface area contributed by atoms with E-state index in [-0.39, 0.29) is 11.5 Å². The molecule has 1 aliphatic rings. The summed E-state index contributed by atoms with van der Waals surface area (Å²) < 4.78 is 15.8. The third-order valence-corrected chi connectivity index (χ3v) is 4.62. The van der Waals surface area contributed by atoms with E-state index in [1.165, 1.54) is 5.56 Å². The average molecular weight is 356 g/mol. The lowest BCUT2D eigenvalue weighted by molar-refractivity contribution is 0.0392. The molecule has 1 heterocycles. The third kappa shape index (κ3) is 3.80. The number of hydrogen-bond acceptors (Lipinski definition) is 5. The number of aromatic nitrogens is 1. The Bertz CT molecular complexity index is 787. The lowest BCUT2D eigenvalue weighted by Crippen LogP contribution is -2.25. The Balaban J connectivity index is 1.80. The Morgan fingerprint density at radius 2 is 2.00 bits per heavy atom. The molecular weight excluding hydrogens is 332 g/mol. The van der Waals surface area contributed by atoms with Gasteiger partial charge in [-0.05, 0) is 29.2 Å². The minimum absolute atomic E-state index is 0.187. The summed E-state index contributed by atoms with van der Waals surface area (Å²) in [6.07, 6.45) is 1.55. The predicted octanol–water partition coefficient (Wildman–Crippen LogP) is 3.49. The van der Waals surface area contributed by atoms with Gasteiger partial charge in [-0.15, -0.1) is 0 Å². The first-order chi connectivity index (χ1) is 12.4. The zero-order chi connectivity index (χ0) is 18.7. The van der Waals surface area contributed by atoms with Gasteiger partial charge in [0.05, 0.1) is 6.61 Å². The Labute approximate surface area is 153 Å². The lowest BCUT2D eigenvalue weighted by atomic mass is 9.87. The van der Waals surface area contributed by atoms with E-state index in [0.717, 1.165) is 23.1 Å². The van der Waals surface area contributed by atoms with Crippen molar-refractivity contribution in [2.75, 3.05) is 20.3 Å². The maximum Gasteiger partial charge on any atom is 0.405 e. The van der Waals surface area contributed by atoms with Gasteiger partial charge in [0.25, 0.3) is 0 Å². The van der Waals surface area contributed by atoms with Crippen molar-refractivity contribution in [3.8, 4) is 17.0 Å². The maximum atomic E-state index is 11.2. The largest absolute Gasteiger partial charge is 0.475 e. The van der Waals surface area contributed by atoms with Crippen LogP contribution >= 0.6 is 0 Å². The van der Waals surface area contributed by atoms with Crippen LogP contribution in [0.15, 0.2) is 36.5 Å². The first-order valence-electron chi connectivity index (χ1n) is 8.58.